The van der Waals surface area contributed by atoms with Gasteiger partial charge in [0, 0.05) is 29.4 Å². The summed E-state index contributed by atoms with van der Waals surface area (Å²) in [7, 11) is 0. The summed E-state index contributed by atoms with van der Waals surface area (Å²) in [6.45, 7) is 0. The number of halogens is 1. The molecule has 0 aliphatic carbocycles. The molecule has 0 aliphatic heterocycles. The molecule has 106 valence electrons. The zero-order valence-corrected chi connectivity index (χ0v) is 11.5. The van der Waals surface area contributed by atoms with E-state index in [-0.39, 0.29) is 5.56 Å². The van der Waals surface area contributed by atoms with Crippen LogP contribution in [0.4, 0.5) is 4.39 Å². The minimum Gasteiger partial charge on any atom is -0.329 e. The molecule has 0 fully saturated rings. The third kappa shape index (κ3) is 1.97. The predicted octanol–water partition coefficient (Wildman–Crippen LogP) is 3.88. The summed E-state index contributed by atoms with van der Waals surface area (Å²) in [6, 6.07) is 12.5. The van der Waals surface area contributed by atoms with Crippen LogP contribution >= 0.6 is 0 Å². The number of hydrogen-bond donors (Lipinski definition) is 1. The van der Waals surface area contributed by atoms with Gasteiger partial charge in [-0.3, -0.25) is 9.78 Å². The van der Waals surface area contributed by atoms with Crippen molar-refractivity contribution in [2.75, 3.05) is 0 Å². The molecule has 0 unspecified atom stereocenters. The van der Waals surface area contributed by atoms with Crippen molar-refractivity contribution in [2.45, 2.75) is 0 Å². The number of benzene rings is 2. The molecule has 2 aromatic carbocycles. The third-order valence-electron chi connectivity index (χ3n) is 3.81. The van der Waals surface area contributed by atoms with Crippen LogP contribution in [0.2, 0.25) is 0 Å². The highest BCUT2D eigenvalue weighted by Gasteiger charge is 2.08. The molecule has 0 atom stereocenters. The van der Waals surface area contributed by atoms with Crippen LogP contribution in [0.25, 0.3) is 32.7 Å². The Morgan fingerprint density at radius 2 is 1.82 bits per heavy atom. The summed E-state index contributed by atoms with van der Waals surface area (Å²) in [6.07, 6.45) is 4.96. The first kappa shape index (κ1) is 12.7. The Balaban J connectivity index is 1.99. The Hall–Kier alpha value is -3.01. The average Bonchev–Trinajstić information content (AvgIpc) is 2.55. The molecule has 0 bridgehead atoms. The molecule has 0 aliphatic rings. The van der Waals surface area contributed by atoms with E-state index in [1.54, 1.807) is 24.5 Å². The summed E-state index contributed by atoms with van der Waals surface area (Å²) in [4.78, 5) is 18.6. The van der Waals surface area contributed by atoms with E-state index in [0.29, 0.717) is 16.3 Å². The van der Waals surface area contributed by atoms with E-state index in [2.05, 4.69) is 9.97 Å². The van der Waals surface area contributed by atoms with E-state index in [4.69, 9.17) is 0 Å². The lowest BCUT2D eigenvalue weighted by molar-refractivity contribution is 0.640. The van der Waals surface area contributed by atoms with Gasteiger partial charge in [-0.05, 0) is 46.8 Å². The minimum atomic E-state index is -0.395. The Morgan fingerprint density at radius 1 is 0.909 bits per heavy atom. The van der Waals surface area contributed by atoms with E-state index in [1.807, 2.05) is 24.3 Å². The smallest absolute Gasteiger partial charge is 0.255 e. The van der Waals surface area contributed by atoms with Crippen LogP contribution in [0.3, 0.4) is 0 Å². The number of aromatic nitrogens is 2. The van der Waals surface area contributed by atoms with Gasteiger partial charge in [0.25, 0.3) is 5.56 Å². The summed E-state index contributed by atoms with van der Waals surface area (Å²) < 4.78 is 14.3. The van der Waals surface area contributed by atoms with Crippen LogP contribution in [0.5, 0.6) is 0 Å². The van der Waals surface area contributed by atoms with Crippen LogP contribution < -0.4 is 5.56 Å². The first-order valence-electron chi connectivity index (χ1n) is 6.87. The molecule has 3 nitrogen and oxygen atoms in total. The lowest BCUT2D eigenvalue weighted by Crippen LogP contribution is -2.05. The molecule has 0 radical (unpaired) electrons. The molecule has 4 rings (SSSR count). The molecule has 4 aromatic rings. The van der Waals surface area contributed by atoms with Gasteiger partial charge < -0.3 is 4.98 Å². The highest BCUT2D eigenvalue weighted by molar-refractivity contribution is 5.90. The minimum absolute atomic E-state index is 0.289. The van der Waals surface area contributed by atoms with E-state index < -0.39 is 5.82 Å². The second-order valence-electron chi connectivity index (χ2n) is 5.16. The largest absolute Gasteiger partial charge is 0.329 e. The van der Waals surface area contributed by atoms with Crippen molar-refractivity contribution in [3.63, 3.8) is 0 Å². The quantitative estimate of drug-likeness (QED) is 0.578. The predicted molar refractivity (Wildman–Crippen MR) is 85.3 cm³/mol. The van der Waals surface area contributed by atoms with E-state index in [1.165, 1.54) is 12.3 Å². The van der Waals surface area contributed by atoms with Crippen LogP contribution in [-0.4, -0.2) is 9.97 Å². The normalized spacial score (nSPS) is 11.1. The zero-order valence-electron chi connectivity index (χ0n) is 11.5. The fraction of sp³-hybridized carbons (Fsp3) is 0. The monoisotopic (exact) mass is 290 g/mol. The third-order valence-corrected chi connectivity index (χ3v) is 3.81. The molecule has 4 heteroatoms. The van der Waals surface area contributed by atoms with Gasteiger partial charge in [0.15, 0.2) is 0 Å². The van der Waals surface area contributed by atoms with E-state index >= 15 is 0 Å². The standard InChI is InChI=1S/C18H11FN2O/c19-17-9-14(8-16-15(17)4-6-21-18(16)22)11-1-2-13-10-20-5-3-12(13)7-11/h1-10H,(H,21,22). The highest BCUT2D eigenvalue weighted by Crippen LogP contribution is 2.27. The molecular formula is C18H11FN2O. The number of pyridine rings is 2. The van der Waals surface area contributed by atoms with Crippen molar-refractivity contribution in [1.29, 1.82) is 0 Å². The second-order valence-corrected chi connectivity index (χ2v) is 5.16. The Labute approximate surface area is 125 Å². The first-order valence-corrected chi connectivity index (χ1v) is 6.87. The summed E-state index contributed by atoms with van der Waals surface area (Å²) in [5, 5.41) is 2.73. The molecule has 0 amide bonds. The number of nitrogens with one attached hydrogen (secondary N) is 1. The summed E-state index contributed by atoms with van der Waals surface area (Å²) in [5.74, 6) is -0.395. The van der Waals surface area contributed by atoms with Crippen LogP contribution in [0, 0.1) is 5.82 Å². The SMILES string of the molecule is O=c1[nH]ccc2c(F)cc(-c3ccc4cnccc4c3)cc12. The van der Waals surface area contributed by atoms with Crippen LogP contribution in [0.15, 0.2) is 65.8 Å². The van der Waals surface area contributed by atoms with E-state index in [0.717, 1.165) is 16.3 Å². The van der Waals surface area contributed by atoms with Crippen molar-refractivity contribution >= 4 is 21.5 Å². The number of fused-ring (bicyclic) bond motifs is 2. The van der Waals surface area contributed by atoms with E-state index in [9.17, 15) is 9.18 Å². The Morgan fingerprint density at radius 3 is 2.73 bits per heavy atom. The van der Waals surface area contributed by atoms with Gasteiger partial charge in [0.2, 0.25) is 0 Å². The molecule has 0 spiro atoms. The Kier molecular flexibility index (Phi) is 2.76. The van der Waals surface area contributed by atoms with Gasteiger partial charge in [-0.25, -0.2) is 4.39 Å². The zero-order chi connectivity index (χ0) is 15.1. The second kappa shape index (κ2) is 4.77. The first-order chi connectivity index (χ1) is 10.7. The number of rotatable bonds is 1. The van der Waals surface area contributed by atoms with Gasteiger partial charge >= 0.3 is 0 Å². The van der Waals surface area contributed by atoms with Crippen molar-refractivity contribution in [3.05, 3.63) is 77.2 Å². The maximum atomic E-state index is 14.3. The van der Waals surface area contributed by atoms with Gasteiger partial charge in [0.05, 0.1) is 5.39 Å². The fourth-order valence-corrected chi connectivity index (χ4v) is 2.68. The number of H-pyrrole nitrogens is 1. The highest BCUT2D eigenvalue weighted by atomic mass is 19.1. The Bertz CT molecular complexity index is 1070. The van der Waals surface area contributed by atoms with Gasteiger partial charge in [-0.2, -0.15) is 0 Å². The molecule has 2 aromatic heterocycles. The number of aromatic amines is 1. The topological polar surface area (TPSA) is 45.8 Å². The van der Waals surface area contributed by atoms with Crippen molar-refractivity contribution in [2.24, 2.45) is 0 Å². The van der Waals surface area contributed by atoms with Crippen molar-refractivity contribution in [1.82, 2.24) is 9.97 Å². The van der Waals surface area contributed by atoms with Crippen molar-refractivity contribution in [3.8, 4) is 11.1 Å². The lowest BCUT2D eigenvalue weighted by atomic mass is 9.99. The number of hydrogen-bond acceptors (Lipinski definition) is 2. The molecule has 2 heterocycles. The molecule has 0 saturated carbocycles. The van der Waals surface area contributed by atoms with Crippen LogP contribution in [0.1, 0.15) is 0 Å². The molecule has 1 N–H and O–H groups in total. The van der Waals surface area contributed by atoms with Gasteiger partial charge in [-0.1, -0.05) is 12.1 Å². The maximum Gasteiger partial charge on any atom is 0.255 e. The molecule has 22 heavy (non-hydrogen) atoms. The maximum absolute atomic E-state index is 14.3. The molecule has 0 saturated heterocycles. The number of nitrogens with zero attached hydrogens (tertiary/aromatic N) is 1. The van der Waals surface area contributed by atoms with Gasteiger partial charge in [-0.15, -0.1) is 0 Å². The average molecular weight is 290 g/mol. The van der Waals surface area contributed by atoms with Gasteiger partial charge in [0.1, 0.15) is 5.82 Å². The lowest BCUT2D eigenvalue weighted by Gasteiger charge is -2.06. The molecular weight excluding hydrogens is 279 g/mol. The summed E-state index contributed by atoms with van der Waals surface area (Å²) >= 11 is 0. The fourth-order valence-electron chi connectivity index (χ4n) is 2.68. The summed E-state index contributed by atoms with van der Waals surface area (Å²) in [5.41, 5.74) is 1.26. The van der Waals surface area contributed by atoms with Crippen molar-refractivity contribution < 1.29 is 4.39 Å². The van der Waals surface area contributed by atoms with Crippen LogP contribution in [-0.2, 0) is 0 Å².